The van der Waals surface area contributed by atoms with E-state index in [2.05, 4.69) is 0 Å². The molecule has 0 bridgehead atoms. The van der Waals surface area contributed by atoms with Crippen molar-refractivity contribution in [3.8, 4) is 0 Å². The molecule has 3 rings (SSSR count). The number of benzene rings is 2. The number of hydrogen-bond donors (Lipinski definition) is 1. The van der Waals surface area contributed by atoms with E-state index >= 15 is 0 Å². The van der Waals surface area contributed by atoms with Gasteiger partial charge in [-0.1, -0.05) is 37.1 Å². The van der Waals surface area contributed by atoms with Crippen molar-refractivity contribution in [1.29, 1.82) is 0 Å². The molecule has 2 aromatic carbocycles. The van der Waals surface area contributed by atoms with Gasteiger partial charge < -0.3 is 10.0 Å². The van der Waals surface area contributed by atoms with Gasteiger partial charge in [-0.25, -0.2) is 8.42 Å². The Morgan fingerprint density at radius 1 is 1.00 bits per heavy atom. The molecule has 1 fully saturated rings. The summed E-state index contributed by atoms with van der Waals surface area (Å²) in [5.74, 6) is -0.224. The van der Waals surface area contributed by atoms with Crippen molar-refractivity contribution < 1.29 is 18.3 Å². The van der Waals surface area contributed by atoms with E-state index in [1.54, 1.807) is 66.5 Å². The highest BCUT2D eigenvalue weighted by atomic mass is 32.2. The Kier molecular flexibility index (Phi) is 6.05. The van der Waals surface area contributed by atoms with Gasteiger partial charge >= 0.3 is 0 Å². The second-order valence-corrected chi connectivity index (χ2v) is 9.14. The first-order chi connectivity index (χ1) is 13.3. The standard InChI is InChI=1S/C21H26N2O4S/c1-22(19-13-6-7-14-20(19)24)21(25)16-9-8-10-17(15-16)23(2)28(26,27)18-11-4-3-5-12-18/h3-5,8-12,15,19-20,24H,6-7,13-14H2,1-2H3/t19-,20-/m1/s1. The molecule has 1 saturated carbocycles. The molecule has 0 heterocycles. The zero-order chi connectivity index (χ0) is 20.3. The maximum absolute atomic E-state index is 12.9. The van der Waals surface area contributed by atoms with Crippen LogP contribution < -0.4 is 4.31 Å². The van der Waals surface area contributed by atoms with Crippen LogP contribution in [0.25, 0.3) is 0 Å². The molecule has 1 amide bonds. The van der Waals surface area contributed by atoms with Crippen molar-refractivity contribution in [2.75, 3.05) is 18.4 Å². The Hall–Kier alpha value is -2.38. The lowest BCUT2D eigenvalue weighted by Crippen LogP contribution is -2.46. The summed E-state index contributed by atoms with van der Waals surface area (Å²) in [5, 5.41) is 10.2. The summed E-state index contributed by atoms with van der Waals surface area (Å²) in [4.78, 5) is 14.7. The lowest BCUT2D eigenvalue weighted by atomic mass is 9.91. The van der Waals surface area contributed by atoms with Crippen LogP contribution in [0.2, 0.25) is 0 Å². The van der Waals surface area contributed by atoms with Crippen LogP contribution in [0.4, 0.5) is 5.69 Å². The van der Waals surface area contributed by atoms with Crippen LogP contribution in [0.15, 0.2) is 59.5 Å². The van der Waals surface area contributed by atoms with Crippen molar-refractivity contribution in [3.05, 3.63) is 60.2 Å². The zero-order valence-corrected chi connectivity index (χ0v) is 17.0. The van der Waals surface area contributed by atoms with Crippen LogP contribution in [0.3, 0.4) is 0 Å². The first-order valence-corrected chi connectivity index (χ1v) is 10.9. The Morgan fingerprint density at radius 2 is 1.68 bits per heavy atom. The van der Waals surface area contributed by atoms with Crippen molar-refractivity contribution >= 4 is 21.6 Å². The number of hydrogen-bond acceptors (Lipinski definition) is 4. The average Bonchev–Trinajstić information content (AvgIpc) is 2.73. The summed E-state index contributed by atoms with van der Waals surface area (Å²) in [5.41, 5.74) is 0.806. The number of carbonyl (C=O) groups is 1. The van der Waals surface area contributed by atoms with Gasteiger partial charge in [0.05, 0.1) is 22.7 Å². The molecule has 0 unspecified atom stereocenters. The highest BCUT2D eigenvalue weighted by Gasteiger charge is 2.30. The number of rotatable bonds is 5. The highest BCUT2D eigenvalue weighted by Crippen LogP contribution is 2.26. The summed E-state index contributed by atoms with van der Waals surface area (Å²) < 4.78 is 26.8. The normalized spacial score (nSPS) is 19.8. The van der Waals surface area contributed by atoms with Crippen LogP contribution in [-0.4, -0.2) is 50.6 Å². The van der Waals surface area contributed by atoms with E-state index in [-0.39, 0.29) is 16.8 Å². The first-order valence-electron chi connectivity index (χ1n) is 9.41. The van der Waals surface area contributed by atoms with Crippen molar-refractivity contribution in [3.63, 3.8) is 0 Å². The molecular weight excluding hydrogens is 376 g/mol. The Balaban J connectivity index is 1.84. The number of nitrogens with zero attached hydrogens (tertiary/aromatic N) is 2. The average molecular weight is 403 g/mol. The van der Waals surface area contributed by atoms with Gasteiger partial charge in [-0.2, -0.15) is 0 Å². The molecule has 0 aromatic heterocycles. The predicted octanol–water partition coefficient (Wildman–Crippen LogP) is 2.89. The molecule has 1 aliphatic rings. The largest absolute Gasteiger partial charge is 0.391 e. The first kappa shape index (κ1) is 20.4. The van der Waals surface area contributed by atoms with Gasteiger partial charge in [0.25, 0.3) is 15.9 Å². The molecule has 28 heavy (non-hydrogen) atoms. The fourth-order valence-corrected chi connectivity index (χ4v) is 4.83. The monoisotopic (exact) mass is 402 g/mol. The fourth-order valence-electron chi connectivity index (χ4n) is 3.62. The molecule has 6 nitrogen and oxygen atoms in total. The molecule has 7 heteroatoms. The minimum atomic E-state index is -3.72. The van der Waals surface area contributed by atoms with E-state index in [9.17, 15) is 18.3 Å². The molecule has 2 atom stereocenters. The van der Waals surface area contributed by atoms with E-state index in [1.165, 1.54) is 11.4 Å². The molecule has 0 saturated heterocycles. The van der Waals surface area contributed by atoms with Crippen LogP contribution in [0.1, 0.15) is 36.0 Å². The fraction of sp³-hybridized carbons (Fsp3) is 0.381. The summed E-state index contributed by atoms with van der Waals surface area (Å²) in [6.07, 6.45) is 2.90. The van der Waals surface area contributed by atoms with Gasteiger partial charge in [0, 0.05) is 19.7 Å². The van der Waals surface area contributed by atoms with Crippen LogP contribution in [0.5, 0.6) is 0 Å². The van der Waals surface area contributed by atoms with Gasteiger partial charge in [0.1, 0.15) is 0 Å². The van der Waals surface area contributed by atoms with Crippen LogP contribution >= 0.6 is 0 Å². The molecule has 2 aromatic rings. The van der Waals surface area contributed by atoms with Gasteiger partial charge in [0.2, 0.25) is 0 Å². The Morgan fingerprint density at radius 3 is 2.36 bits per heavy atom. The van der Waals surface area contributed by atoms with E-state index in [0.717, 1.165) is 19.3 Å². The molecule has 0 radical (unpaired) electrons. The highest BCUT2D eigenvalue weighted by molar-refractivity contribution is 7.92. The molecule has 1 aliphatic carbocycles. The topological polar surface area (TPSA) is 77.9 Å². The number of carbonyl (C=O) groups excluding carboxylic acids is 1. The summed E-state index contributed by atoms with van der Waals surface area (Å²) in [6.45, 7) is 0. The molecular formula is C21H26N2O4S. The van der Waals surface area contributed by atoms with E-state index < -0.39 is 16.1 Å². The molecule has 150 valence electrons. The van der Waals surface area contributed by atoms with Crippen LogP contribution in [0, 0.1) is 0 Å². The zero-order valence-electron chi connectivity index (χ0n) is 16.2. The van der Waals surface area contributed by atoms with Crippen molar-refractivity contribution in [2.24, 2.45) is 0 Å². The maximum atomic E-state index is 12.9. The predicted molar refractivity (Wildman–Crippen MR) is 109 cm³/mol. The second-order valence-electron chi connectivity index (χ2n) is 7.17. The van der Waals surface area contributed by atoms with Gasteiger partial charge in [-0.3, -0.25) is 9.10 Å². The second kappa shape index (κ2) is 8.32. The minimum absolute atomic E-state index is 0.191. The lowest BCUT2D eigenvalue weighted by molar-refractivity contribution is 0.0268. The number of sulfonamides is 1. The Bertz CT molecular complexity index is 930. The summed E-state index contributed by atoms with van der Waals surface area (Å²) in [7, 11) is -0.550. The number of likely N-dealkylation sites (N-methyl/N-ethyl adjacent to an activating group) is 1. The third-order valence-electron chi connectivity index (χ3n) is 5.37. The Labute approximate surface area is 166 Å². The third-order valence-corrected chi connectivity index (χ3v) is 7.17. The number of amides is 1. The molecule has 1 N–H and O–H groups in total. The van der Waals surface area contributed by atoms with Gasteiger partial charge in [-0.05, 0) is 43.2 Å². The lowest BCUT2D eigenvalue weighted by Gasteiger charge is -2.35. The molecule has 0 aliphatic heterocycles. The maximum Gasteiger partial charge on any atom is 0.264 e. The quantitative estimate of drug-likeness (QED) is 0.834. The van der Waals surface area contributed by atoms with E-state index in [4.69, 9.17) is 0 Å². The van der Waals surface area contributed by atoms with E-state index in [0.29, 0.717) is 17.7 Å². The molecule has 0 spiro atoms. The SMILES string of the molecule is CN(C(=O)c1cccc(N(C)S(=O)(=O)c2ccccc2)c1)[C@@H]1CCCC[C@H]1O. The summed E-state index contributed by atoms with van der Waals surface area (Å²) >= 11 is 0. The van der Waals surface area contributed by atoms with Crippen LogP contribution in [-0.2, 0) is 10.0 Å². The van der Waals surface area contributed by atoms with Crippen molar-refractivity contribution in [1.82, 2.24) is 4.90 Å². The number of aliphatic hydroxyl groups is 1. The number of aliphatic hydroxyl groups excluding tert-OH is 1. The summed E-state index contributed by atoms with van der Waals surface area (Å²) in [6, 6.07) is 14.5. The van der Waals surface area contributed by atoms with Gasteiger partial charge in [0.15, 0.2) is 0 Å². The van der Waals surface area contributed by atoms with Crippen molar-refractivity contribution in [2.45, 2.75) is 42.7 Å². The van der Waals surface area contributed by atoms with Gasteiger partial charge in [-0.15, -0.1) is 0 Å². The third kappa shape index (κ3) is 4.05. The van der Waals surface area contributed by atoms with E-state index in [1.807, 2.05) is 0 Å². The minimum Gasteiger partial charge on any atom is -0.391 e. The number of anilines is 1. The smallest absolute Gasteiger partial charge is 0.264 e.